The number of pyridine rings is 1. The van der Waals surface area contributed by atoms with E-state index in [0.717, 1.165) is 41.3 Å². The first-order valence-corrected chi connectivity index (χ1v) is 12.0. The molecule has 0 saturated carbocycles. The summed E-state index contributed by atoms with van der Waals surface area (Å²) in [6.45, 7) is 6.90. The Morgan fingerprint density at radius 3 is 2.80 bits per heavy atom. The normalized spacial score (nSPS) is 17.4. The molecule has 8 nitrogen and oxygen atoms in total. The second kappa shape index (κ2) is 9.09. The largest absolute Gasteiger partial charge is 0.444 e. The summed E-state index contributed by atoms with van der Waals surface area (Å²) < 4.78 is 7.33. The molecule has 1 unspecified atom stereocenters. The van der Waals surface area contributed by atoms with Crippen LogP contribution in [0.1, 0.15) is 32.8 Å². The van der Waals surface area contributed by atoms with Crippen molar-refractivity contribution in [1.29, 1.82) is 0 Å². The molecule has 2 aliphatic rings. The number of rotatable bonds is 4. The quantitative estimate of drug-likeness (QED) is 0.512. The lowest BCUT2D eigenvalue weighted by molar-refractivity contribution is 0.0265. The number of hydrogen-bond donors (Lipinski definition) is 2. The Bertz CT molecular complexity index is 1270. The maximum absolute atomic E-state index is 12.4. The number of nitrogens with zero attached hydrogens (tertiary/aromatic N) is 4. The molecular weight excluding hydrogens is 440 g/mol. The van der Waals surface area contributed by atoms with E-state index in [1.807, 2.05) is 63.1 Å². The molecule has 35 heavy (non-hydrogen) atoms. The predicted molar refractivity (Wildman–Crippen MR) is 138 cm³/mol. The second-order valence-electron chi connectivity index (χ2n) is 10.1. The van der Waals surface area contributed by atoms with Crippen LogP contribution in [-0.2, 0) is 18.2 Å². The molecule has 0 aliphatic carbocycles. The summed E-state index contributed by atoms with van der Waals surface area (Å²) >= 11 is 0. The maximum atomic E-state index is 12.4. The molecule has 0 fully saturated rings. The Morgan fingerprint density at radius 1 is 1.23 bits per heavy atom. The van der Waals surface area contributed by atoms with Gasteiger partial charge in [-0.1, -0.05) is 18.2 Å². The van der Waals surface area contributed by atoms with E-state index in [1.165, 1.54) is 11.1 Å². The molecule has 1 atom stereocenters. The molecule has 1 amide bonds. The van der Waals surface area contributed by atoms with Crippen LogP contribution in [0.3, 0.4) is 0 Å². The molecule has 182 valence electrons. The fraction of sp³-hybridized carbons (Fsp3) is 0.370. The van der Waals surface area contributed by atoms with Crippen molar-refractivity contribution in [3.05, 3.63) is 66.0 Å². The standard InChI is InChI=1S/C27H32N6O2/c1-27(2,3)35-26(34)33-14-9-18(10-15-33)24-17-21-23(8-12-28-25(21)30-24)29-20-7-5-6-19(16-20)22-11-13-32(4)31-22/h5-9,11-13,16,24H,10,14-15,17H2,1-4H3,(H2,28,29,30). The summed E-state index contributed by atoms with van der Waals surface area (Å²) in [5, 5.41) is 11.7. The van der Waals surface area contributed by atoms with Gasteiger partial charge in [0.15, 0.2) is 0 Å². The van der Waals surface area contributed by atoms with Crippen LogP contribution < -0.4 is 10.6 Å². The average molecular weight is 473 g/mol. The third kappa shape index (κ3) is 5.16. The van der Waals surface area contributed by atoms with Crippen LogP contribution in [0.4, 0.5) is 22.0 Å². The van der Waals surface area contributed by atoms with Crippen molar-refractivity contribution < 1.29 is 9.53 Å². The summed E-state index contributed by atoms with van der Waals surface area (Å²) in [5.74, 6) is 0.913. The zero-order chi connectivity index (χ0) is 24.6. The van der Waals surface area contributed by atoms with Crippen molar-refractivity contribution in [3.8, 4) is 11.3 Å². The van der Waals surface area contributed by atoms with Crippen molar-refractivity contribution in [1.82, 2.24) is 19.7 Å². The Balaban J connectivity index is 1.28. The van der Waals surface area contributed by atoms with E-state index >= 15 is 0 Å². The highest BCUT2D eigenvalue weighted by Crippen LogP contribution is 2.36. The zero-order valence-electron chi connectivity index (χ0n) is 20.7. The Kier molecular flexibility index (Phi) is 5.96. The zero-order valence-corrected chi connectivity index (χ0v) is 20.7. The van der Waals surface area contributed by atoms with Crippen LogP contribution in [0.5, 0.6) is 0 Å². The van der Waals surface area contributed by atoms with Gasteiger partial charge in [0.25, 0.3) is 0 Å². The molecule has 8 heteroatoms. The molecule has 4 heterocycles. The van der Waals surface area contributed by atoms with Gasteiger partial charge in [-0.3, -0.25) is 4.68 Å². The summed E-state index contributed by atoms with van der Waals surface area (Å²) in [6, 6.07) is 12.5. The monoisotopic (exact) mass is 472 g/mol. The van der Waals surface area contributed by atoms with E-state index in [2.05, 4.69) is 45.0 Å². The van der Waals surface area contributed by atoms with Gasteiger partial charge in [-0.15, -0.1) is 0 Å². The summed E-state index contributed by atoms with van der Waals surface area (Å²) in [5.41, 5.74) is 6.08. The van der Waals surface area contributed by atoms with Gasteiger partial charge in [-0.05, 0) is 57.0 Å². The average Bonchev–Trinajstić information content (AvgIpc) is 3.45. The van der Waals surface area contributed by atoms with Gasteiger partial charge in [0.05, 0.1) is 11.7 Å². The Labute approximate surface area is 206 Å². The number of aryl methyl sites for hydroxylation is 1. The molecule has 2 aromatic heterocycles. The summed E-state index contributed by atoms with van der Waals surface area (Å²) in [6.07, 6.45) is 7.35. The highest BCUT2D eigenvalue weighted by molar-refractivity contribution is 5.74. The minimum atomic E-state index is -0.484. The first kappa shape index (κ1) is 23.0. The second-order valence-corrected chi connectivity index (χ2v) is 10.1. The van der Waals surface area contributed by atoms with Crippen molar-refractivity contribution >= 4 is 23.3 Å². The SMILES string of the molecule is Cn1ccc(-c2cccc(Nc3ccnc4c3CC(C3=CCN(C(=O)OC(C)(C)C)CC3)N4)c2)n1. The number of carbonyl (C=O) groups excluding carboxylic acids is 1. The number of benzene rings is 1. The van der Waals surface area contributed by atoms with E-state index < -0.39 is 5.60 Å². The highest BCUT2D eigenvalue weighted by Gasteiger charge is 2.30. The summed E-state index contributed by atoms with van der Waals surface area (Å²) in [7, 11) is 1.92. The minimum Gasteiger partial charge on any atom is -0.444 e. The predicted octanol–water partition coefficient (Wildman–Crippen LogP) is 5.13. The van der Waals surface area contributed by atoms with Gasteiger partial charge in [0.2, 0.25) is 0 Å². The lowest BCUT2D eigenvalue weighted by Gasteiger charge is -2.31. The van der Waals surface area contributed by atoms with Gasteiger partial charge < -0.3 is 20.3 Å². The van der Waals surface area contributed by atoms with Gasteiger partial charge in [-0.25, -0.2) is 9.78 Å². The smallest absolute Gasteiger partial charge is 0.410 e. The molecule has 0 spiro atoms. The number of amides is 1. The first-order chi connectivity index (χ1) is 16.7. The molecule has 5 rings (SSSR count). The molecule has 0 saturated heterocycles. The molecule has 2 aliphatic heterocycles. The van der Waals surface area contributed by atoms with Crippen LogP contribution in [0.2, 0.25) is 0 Å². The number of ether oxygens (including phenoxy) is 1. The van der Waals surface area contributed by atoms with Crippen LogP contribution >= 0.6 is 0 Å². The number of anilines is 3. The number of carbonyl (C=O) groups is 1. The topological polar surface area (TPSA) is 84.3 Å². The first-order valence-electron chi connectivity index (χ1n) is 12.0. The summed E-state index contributed by atoms with van der Waals surface area (Å²) in [4.78, 5) is 18.7. The van der Waals surface area contributed by atoms with Crippen LogP contribution in [0.25, 0.3) is 11.3 Å². The van der Waals surface area contributed by atoms with E-state index in [1.54, 1.807) is 4.90 Å². The van der Waals surface area contributed by atoms with E-state index in [-0.39, 0.29) is 12.1 Å². The van der Waals surface area contributed by atoms with Crippen LogP contribution in [-0.4, -0.2) is 50.5 Å². The third-order valence-corrected chi connectivity index (χ3v) is 6.27. The maximum Gasteiger partial charge on any atom is 0.410 e. The number of hydrogen-bond acceptors (Lipinski definition) is 6. The van der Waals surface area contributed by atoms with E-state index in [0.29, 0.717) is 13.1 Å². The van der Waals surface area contributed by atoms with Gasteiger partial charge in [-0.2, -0.15) is 5.10 Å². The lowest BCUT2D eigenvalue weighted by Crippen LogP contribution is -2.40. The van der Waals surface area contributed by atoms with Gasteiger partial charge >= 0.3 is 6.09 Å². The Morgan fingerprint density at radius 2 is 2.09 bits per heavy atom. The molecule has 0 bridgehead atoms. The van der Waals surface area contributed by atoms with Crippen LogP contribution in [0, 0.1) is 0 Å². The van der Waals surface area contributed by atoms with E-state index in [9.17, 15) is 4.79 Å². The number of fused-ring (bicyclic) bond motifs is 1. The van der Waals surface area contributed by atoms with E-state index in [4.69, 9.17) is 4.74 Å². The van der Waals surface area contributed by atoms with Crippen LogP contribution in [0.15, 0.2) is 60.4 Å². The molecule has 2 N–H and O–H groups in total. The van der Waals surface area contributed by atoms with Gasteiger partial charge in [0.1, 0.15) is 11.4 Å². The van der Waals surface area contributed by atoms with Crippen molar-refractivity contribution in [3.63, 3.8) is 0 Å². The molecule has 3 aromatic rings. The lowest BCUT2D eigenvalue weighted by atomic mass is 9.97. The highest BCUT2D eigenvalue weighted by atomic mass is 16.6. The minimum absolute atomic E-state index is 0.182. The fourth-order valence-corrected chi connectivity index (χ4v) is 4.56. The van der Waals surface area contributed by atoms with Gasteiger partial charge in [0, 0.05) is 61.5 Å². The molecule has 0 radical (unpaired) electrons. The molecular formula is C27H32N6O2. The number of nitrogens with one attached hydrogen (secondary N) is 2. The molecule has 1 aromatic carbocycles. The van der Waals surface area contributed by atoms with Crippen molar-refractivity contribution in [2.75, 3.05) is 23.7 Å². The number of aromatic nitrogens is 3. The van der Waals surface area contributed by atoms with Crippen molar-refractivity contribution in [2.24, 2.45) is 7.05 Å². The fourth-order valence-electron chi connectivity index (χ4n) is 4.56. The Hall–Kier alpha value is -3.81. The van der Waals surface area contributed by atoms with Crippen molar-refractivity contribution in [2.45, 2.75) is 45.3 Å². The third-order valence-electron chi connectivity index (χ3n) is 6.27.